The Morgan fingerprint density at radius 2 is 1.02 bits per heavy atom. The topological polar surface area (TPSA) is 378 Å². The first-order chi connectivity index (χ1) is 41.7. The number of nitro groups is 2. The van der Waals surface area contributed by atoms with E-state index in [0.717, 1.165) is 51.4 Å². The number of alkyl carbamates (subject to hydrolysis) is 2. The standard InChI is InChI=1S/C31H40N4O9.C19H21N3O6.C12H21NO4.ClH/c1-6-20-16-31(20,18(2)36)33-26(37)24-15-23(43-28(39)19-11-13-21(14-12-19)35(41)42)17-34(24)27(38)25(30(3,4)5)32-29(40)44-22-9-7-8-10-22;1-3-13-9-19(13,11(2)23)21-17(24)16-8-15(10-20-16)28-18(25)12-4-6-14(7-5-12)22(26)27;1-12(2,3)9(10(14)15)13-11(16)17-8-6-4-5-7-8;/h6,11-14,20,22-25H,1,7-10,15-17H2,2-5H3,(H,32,40)(H,33,37);3-7,13,15-16,20H,1,8-10H2,2H3,(H,21,24);8-9H,4-7H2,1-3H3,(H,13,16)(H,14,15);1H/t20-,23+,24+,25-,31+;13-,15+,16+,19+;9-;/m111./s1. The van der Waals surface area contributed by atoms with Crippen LogP contribution in [0, 0.1) is 42.9 Å². The zero-order valence-corrected chi connectivity index (χ0v) is 52.7. The summed E-state index contributed by atoms with van der Waals surface area (Å²) in [7, 11) is 0. The van der Waals surface area contributed by atoms with Crippen LogP contribution >= 0.6 is 12.4 Å². The number of hydrogen-bond donors (Lipinski definition) is 6. The summed E-state index contributed by atoms with van der Waals surface area (Å²) in [4.78, 5) is 147. The maximum absolute atomic E-state index is 14.1. The summed E-state index contributed by atoms with van der Waals surface area (Å²) >= 11 is 0. The Balaban J connectivity index is 0.000000272. The summed E-state index contributed by atoms with van der Waals surface area (Å²) in [5.74, 6) is -4.56. The zero-order chi connectivity index (χ0) is 65.9. The quantitative estimate of drug-likeness (QED) is 0.0251. The van der Waals surface area contributed by atoms with Gasteiger partial charge in [-0.15, -0.1) is 25.6 Å². The monoisotopic (exact) mass is 1280 g/mol. The minimum absolute atomic E-state index is 0. The maximum atomic E-state index is 14.1. The molecule has 2 saturated heterocycles. The highest BCUT2D eigenvalue weighted by Crippen LogP contribution is 2.46. The van der Waals surface area contributed by atoms with Crippen molar-refractivity contribution in [1.29, 1.82) is 0 Å². The van der Waals surface area contributed by atoms with E-state index in [1.54, 1.807) is 53.7 Å². The van der Waals surface area contributed by atoms with Crippen molar-refractivity contribution in [3.05, 3.63) is 105 Å². The van der Waals surface area contributed by atoms with Crippen molar-refractivity contribution in [2.24, 2.45) is 22.7 Å². The third-order valence-corrected chi connectivity index (χ3v) is 16.9. The molecule has 0 bridgehead atoms. The summed E-state index contributed by atoms with van der Waals surface area (Å²) in [5, 5.41) is 44.4. The predicted octanol–water partition coefficient (Wildman–Crippen LogP) is 7.16. The number of ketones is 2. The van der Waals surface area contributed by atoms with Gasteiger partial charge in [0.2, 0.25) is 17.7 Å². The van der Waals surface area contributed by atoms with Crippen LogP contribution in [-0.4, -0.2) is 152 Å². The van der Waals surface area contributed by atoms with Crippen LogP contribution < -0.4 is 26.6 Å². The Hall–Kier alpha value is -8.33. The van der Waals surface area contributed by atoms with Gasteiger partial charge in [-0.25, -0.2) is 24.0 Å². The van der Waals surface area contributed by atoms with Crippen LogP contribution in [0.3, 0.4) is 0 Å². The average molecular weight is 1280 g/mol. The number of hydrogen-bond acceptors (Lipinski definition) is 19. The number of likely N-dealkylation sites (tertiary alicyclic amines) is 1. The number of aliphatic carboxylic acids is 1. The van der Waals surface area contributed by atoms with Crippen molar-refractivity contribution in [3.63, 3.8) is 0 Å². The maximum Gasteiger partial charge on any atom is 0.408 e. The van der Waals surface area contributed by atoms with E-state index in [1.165, 1.54) is 67.3 Å². The number of non-ortho nitro benzene ring substituents is 2. The van der Waals surface area contributed by atoms with Gasteiger partial charge < -0.3 is 55.5 Å². The zero-order valence-electron chi connectivity index (χ0n) is 51.9. The molecule has 90 heavy (non-hydrogen) atoms. The van der Waals surface area contributed by atoms with Crippen LogP contribution in [-0.2, 0) is 47.7 Å². The molecule has 28 heteroatoms. The molecule has 10 atom stereocenters. The summed E-state index contributed by atoms with van der Waals surface area (Å²) in [6.07, 6.45) is 8.66. The number of carbonyl (C=O) groups excluding carboxylic acids is 9. The van der Waals surface area contributed by atoms with Gasteiger partial charge >= 0.3 is 30.1 Å². The number of carbonyl (C=O) groups is 10. The lowest BCUT2D eigenvalue weighted by Gasteiger charge is -2.35. The molecule has 6 N–H and O–H groups in total. The fourth-order valence-corrected chi connectivity index (χ4v) is 11.4. The first-order valence-corrected chi connectivity index (χ1v) is 29.8. The van der Waals surface area contributed by atoms with Crippen LogP contribution in [0.1, 0.15) is 153 Å². The number of nitrogens with zero attached hydrogens (tertiary/aromatic N) is 3. The second kappa shape index (κ2) is 30.5. The molecule has 2 aromatic rings. The van der Waals surface area contributed by atoms with Gasteiger partial charge in [0.05, 0.1) is 33.6 Å². The molecule has 492 valence electrons. The normalized spacial score (nSPS) is 24.8. The van der Waals surface area contributed by atoms with Gasteiger partial charge in [-0.05, 0) is 113 Å². The number of amides is 5. The molecule has 27 nitrogen and oxygen atoms in total. The van der Waals surface area contributed by atoms with E-state index >= 15 is 0 Å². The van der Waals surface area contributed by atoms with E-state index in [9.17, 15) is 68.2 Å². The second-order valence-corrected chi connectivity index (χ2v) is 25.6. The predicted molar refractivity (Wildman–Crippen MR) is 326 cm³/mol. The molecular formula is C62H83ClN8O19. The minimum atomic E-state index is -1.12. The summed E-state index contributed by atoms with van der Waals surface area (Å²) in [6, 6.07) is 6.28. The lowest BCUT2D eigenvalue weighted by molar-refractivity contribution is -0.385. The number of benzene rings is 2. The largest absolute Gasteiger partial charge is 0.480 e. The number of halogens is 1. The van der Waals surface area contributed by atoms with Crippen molar-refractivity contribution in [2.75, 3.05) is 13.1 Å². The lowest BCUT2D eigenvalue weighted by Crippen LogP contribution is -2.59. The highest BCUT2D eigenvalue weighted by Gasteiger charge is 2.60. The number of rotatable bonds is 20. The molecule has 0 unspecified atom stereocenters. The first kappa shape index (κ1) is 72.4. The highest BCUT2D eigenvalue weighted by atomic mass is 35.5. The van der Waals surface area contributed by atoms with E-state index in [1.807, 2.05) is 0 Å². The van der Waals surface area contributed by atoms with Crippen molar-refractivity contribution in [2.45, 2.75) is 192 Å². The van der Waals surface area contributed by atoms with Crippen molar-refractivity contribution in [3.8, 4) is 0 Å². The van der Waals surface area contributed by atoms with Gasteiger partial charge in [-0.3, -0.25) is 44.2 Å². The first-order valence-electron chi connectivity index (χ1n) is 29.8. The number of esters is 2. The molecule has 4 aliphatic carbocycles. The molecule has 2 aromatic carbocycles. The molecular weight excluding hydrogens is 1200 g/mol. The van der Waals surface area contributed by atoms with Crippen molar-refractivity contribution in [1.82, 2.24) is 31.5 Å². The lowest BCUT2D eigenvalue weighted by atomic mass is 9.85. The molecule has 2 heterocycles. The molecule has 0 radical (unpaired) electrons. The van der Waals surface area contributed by atoms with Crippen molar-refractivity contribution < 1.29 is 81.8 Å². The highest BCUT2D eigenvalue weighted by molar-refractivity contribution is 5.99. The van der Waals surface area contributed by atoms with Gasteiger partial charge in [-0.1, -0.05) is 53.7 Å². The Morgan fingerprint density at radius 1 is 0.622 bits per heavy atom. The molecule has 5 amide bonds. The Kier molecular flexibility index (Phi) is 24.5. The van der Waals surface area contributed by atoms with E-state index < -0.39 is 110 Å². The number of carboxylic acid groups (broad SMARTS) is 1. The third-order valence-electron chi connectivity index (χ3n) is 16.9. The van der Waals surface area contributed by atoms with Crippen LogP contribution in [0.2, 0.25) is 0 Å². The van der Waals surface area contributed by atoms with Crippen LogP contribution in [0.25, 0.3) is 0 Å². The van der Waals surface area contributed by atoms with Crippen LogP contribution in [0.4, 0.5) is 21.0 Å². The van der Waals surface area contributed by atoms with Gasteiger partial charge in [0.1, 0.15) is 53.6 Å². The summed E-state index contributed by atoms with van der Waals surface area (Å²) in [6.45, 7) is 21.0. The van der Waals surface area contributed by atoms with Gasteiger partial charge in [0.15, 0.2) is 11.6 Å². The SMILES string of the molecule is C=C[C@@H]1C[C@]1(NC(=O)[C@@H]1C[C@H](OC(=O)c2ccc([N+](=O)[O-])cc2)CN1)C(C)=O.C=C[C@@H]1C[C@]1(NC(=O)[C@@H]1C[C@H](OC(=O)c2ccc([N+](=O)[O-])cc2)CN1C(=O)[C@@H](NC(=O)OC1CCCC1)C(C)(C)C)C(C)=O.CC(C)(C)[C@H](NC(=O)OC1CCCC1)C(=O)O.Cl. The fourth-order valence-electron chi connectivity index (χ4n) is 11.4. The summed E-state index contributed by atoms with van der Waals surface area (Å²) < 4.78 is 21.7. The van der Waals surface area contributed by atoms with Gasteiger partial charge in [0, 0.05) is 55.5 Å². The Bertz CT molecular complexity index is 3050. The molecule has 6 fully saturated rings. The molecule has 0 aromatic heterocycles. The number of carboxylic acids is 1. The molecule has 0 spiro atoms. The van der Waals surface area contributed by atoms with E-state index in [0.29, 0.717) is 19.4 Å². The number of Topliss-reactive ketones (excluding diaryl/α,β-unsaturated/α-hetero) is 2. The van der Waals surface area contributed by atoms with Gasteiger partial charge in [-0.2, -0.15) is 0 Å². The third kappa shape index (κ3) is 18.6. The van der Waals surface area contributed by atoms with E-state index in [2.05, 4.69) is 39.7 Å². The number of nitro benzene ring substituents is 2. The Morgan fingerprint density at radius 3 is 1.39 bits per heavy atom. The van der Waals surface area contributed by atoms with E-state index in [4.69, 9.17) is 24.1 Å². The molecule has 8 rings (SSSR count). The number of ether oxygens (including phenoxy) is 4. The molecule has 6 aliphatic rings. The number of nitrogens with one attached hydrogen (secondary N) is 5. The Labute approximate surface area is 527 Å². The summed E-state index contributed by atoms with van der Waals surface area (Å²) in [5.41, 5.74) is -3.37. The second-order valence-electron chi connectivity index (χ2n) is 25.6. The molecule has 2 aliphatic heterocycles. The molecule has 4 saturated carbocycles. The minimum Gasteiger partial charge on any atom is -0.480 e. The van der Waals surface area contributed by atoms with Crippen LogP contribution in [0.5, 0.6) is 0 Å². The average Bonchev–Trinajstić information content (AvgIpc) is 1.69. The van der Waals surface area contributed by atoms with Crippen molar-refractivity contribution >= 4 is 83.2 Å². The van der Waals surface area contributed by atoms with Gasteiger partial charge in [0.25, 0.3) is 11.4 Å². The smallest absolute Gasteiger partial charge is 0.408 e. The fraction of sp³-hybridized carbons (Fsp3) is 0.581. The van der Waals surface area contributed by atoms with Crippen LogP contribution in [0.15, 0.2) is 73.8 Å². The van der Waals surface area contributed by atoms with E-state index in [-0.39, 0.29) is 95.8 Å².